The Morgan fingerprint density at radius 2 is 1.89 bits per heavy atom. The molecule has 5 rings (SSSR count). The molecule has 3 amide bonds. The molecule has 4 aromatic rings. The zero-order valence-electron chi connectivity index (χ0n) is 20.5. The smallest absolute Gasteiger partial charge is 0.264 e. The fourth-order valence-electron chi connectivity index (χ4n) is 4.34. The minimum absolute atomic E-state index is 0.0112. The van der Waals surface area contributed by atoms with Gasteiger partial charge in [-0.2, -0.15) is 0 Å². The van der Waals surface area contributed by atoms with Crippen LogP contribution < -0.4 is 4.90 Å². The van der Waals surface area contributed by atoms with Gasteiger partial charge in [-0.25, -0.2) is 9.88 Å². The number of methoxy groups -OCH3 is 2. The van der Waals surface area contributed by atoms with Gasteiger partial charge in [0.15, 0.2) is 6.29 Å². The first-order valence-electron chi connectivity index (χ1n) is 11.6. The van der Waals surface area contributed by atoms with Crippen LogP contribution in [-0.4, -0.2) is 60.7 Å². The van der Waals surface area contributed by atoms with Gasteiger partial charge in [0.2, 0.25) is 5.91 Å². The number of benzene rings is 2. The highest BCUT2D eigenvalue weighted by atomic mass is 32.1. The summed E-state index contributed by atoms with van der Waals surface area (Å²) in [6.07, 6.45) is -0.854. The molecule has 0 N–H and O–H groups in total. The summed E-state index contributed by atoms with van der Waals surface area (Å²) < 4.78 is 11.7. The van der Waals surface area contributed by atoms with E-state index in [2.05, 4.69) is 6.07 Å². The Morgan fingerprint density at radius 3 is 2.57 bits per heavy atom. The Bertz CT molecular complexity index is 1440. The van der Waals surface area contributed by atoms with Crippen LogP contribution >= 0.6 is 22.7 Å². The monoisotopic (exact) mass is 535 g/mol. The molecule has 37 heavy (non-hydrogen) atoms. The van der Waals surface area contributed by atoms with Crippen molar-refractivity contribution in [3.05, 3.63) is 70.4 Å². The number of carbonyl (C=O) groups excluding carboxylic acids is 3. The number of aromatic nitrogens is 1. The third kappa shape index (κ3) is 4.93. The van der Waals surface area contributed by atoms with Crippen LogP contribution in [0.4, 0.5) is 5.69 Å². The van der Waals surface area contributed by atoms with Crippen molar-refractivity contribution in [1.82, 2.24) is 9.88 Å². The van der Waals surface area contributed by atoms with Gasteiger partial charge in [-0.1, -0.05) is 12.1 Å². The Kier molecular flexibility index (Phi) is 7.16. The van der Waals surface area contributed by atoms with Crippen LogP contribution in [0, 0.1) is 6.92 Å². The van der Waals surface area contributed by atoms with E-state index in [1.54, 1.807) is 41.0 Å². The first kappa shape index (κ1) is 25.2. The molecule has 10 heteroatoms. The van der Waals surface area contributed by atoms with Crippen LogP contribution in [0.5, 0.6) is 0 Å². The van der Waals surface area contributed by atoms with E-state index in [1.807, 2.05) is 31.2 Å². The van der Waals surface area contributed by atoms with Crippen LogP contribution in [0.1, 0.15) is 21.7 Å². The summed E-state index contributed by atoms with van der Waals surface area (Å²) in [4.78, 5) is 47.6. The molecule has 3 heterocycles. The molecular formula is C27H25N3O5S2. The van der Waals surface area contributed by atoms with Crippen molar-refractivity contribution in [3.63, 3.8) is 0 Å². The molecule has 1 aliphatic heterocycles. The van der Waals surface area contributed by atoms with Crippen molar-refractivity contribution in [3.8, 4) is 10.6 Å². The predicted molar refractivity (Wildman–Crippen MR) is 144 cm³/mol. The lowest BCUT2D eigenvalue weighted by Gasteiger charge is -2.29. The van der Waals surface area contributed by atoms with E-state index in [-0.39, 0.29) is 24.8 Å². The zero-order chi connectivity index (χ0) is 26.1. The molecule has 0 bridgehead atoms. The molecule has 0 aliphatic carbocycles. The quantitative estimate of drug-likeness (QED) is 0.240. The summed E-state index contributed by atoms with van der Waals surface area (Å²) in [5.74, 6) is -1.17. The summed E-state index contributed by atoms with van der Waals surface area (Å²) in [5.41, 5.74) is 3.46. The Labute approximate surface area is 222 Å². The van der Waals surface area contributed by atoms with E-state index in [9.17, 15) is 14.4 Å². The maximum atomic E-state index is 13.5. The molecule has 190 valence electrons. The van der Waals surface area contributed by atoms with Gasteiger partial charge in [0.25, 0.3) is 11.8 Å². The molecule has 1 fully saturated rings. The van der Waals surface area contributed by atoms with Crippen LogP contribution in [0.2, 0.25) is 0 Å². The maximum Gasteiger partial charge on any atom is 0.264 e. The minimum atomic E-state index is -0.956. The van der Waals surface area contributed by atoms with Gasteiger partial charge in [0.05, 0.1) is 33.7 Å². The molecule has 2 aromatic heterocycles. The summed E-state index contributed by atoms with van der Waals surface area (Å²) in [6, 6.07) is 15.8. The number of rotatable bonds is 8. The number of nitrogens with zero attached hydrogens (tertiary/aromatic N) is 3. The Balaban J connectivity index is 1.40. The number of carbonyl (C=O) groups is 3. The van der Waals surface area contributed by atoms with Crippen molar-refractivity contribution >= 4 is 56.3 Å². The van der Waals surface area contributed by atoms with Crippen molar-refractivity contribution < 1.29 is 23.9 Å². The predicted octanol–water partition coefficient (Wildman–Crippen LogP) is 4.73. The average molecular weight is 536 g/mol. The van der Waals surface area contributed by atoms with Gasteiger partial charge in [-0.15, -0.1) is 22.7 Å². The number of amides is 3. The first-order chi connectivity index (χ1) is 17.9. The number of thiazole rings is 1. The third-order valence-corrected chi connectivity index (χ3v) is 8.20. The Morgan fingerprint density at radius 1 is 1.14 bits per heavy atom. The van der Waals surface area contributed by atoms with E-state index in [0.717, 1.165) is 25.7 Å². The molecule has 1 aliphatic rings. The number of hydrogen-bond acceptors (Lipinski definition) is 8. The Hall–Kier alpha value is -3.44. The van der Waals surface area contributed by atoms with E-state index in [1.165, 1.54) is 36.0 Å². The van der Waals surface area contributed by atoms with Crippen molar-refractivity contribution in [2.75, 3.05) is 25.7 Å². The molecule has 0 radical (unpaired) electrons. The molecule has 1 saturated heterocycles. The highest BCUT2D eigenvalue weighted by molar-refractivity contribution is 7.21. The molecular weight excluding hydrogens is 510 g/mol. The highest BCUT2D eigenvalue weighted by Gasteiger charge is 2.45. The second kappa shape index (κ2) is 10.5. The van der Waals surface area contributed by atoms with Crippen molar-refractivity contribution in [2.24, 2.45) is 0 Å². The topological polar surface area (TPSA) is 89.0 Å². The number of anilines is 1. The third-order valence-electron chi connectivity index (χ3n) is 6.28. The molecule has 2 aromatic carbocycles. The van der Waals surface area contributed by atoms with Crippen LogP contribution in [0.25, 0.3) is 20.8 Å². The van der Waals surface area contributed by atoms with Gasteiger partial charge < -0.3 is 14.4 Å². The number of fused-ring (bicyclic) bond motifs is 1. The number of hydrogen-bond donors (Lipinski definition) is 0. The van der Waals surface area contributed by atoms with Gasteiger partial charge in [0.1, 0.15) is 11.0 Å². The standard InChI is InChI=1S/C27H25N3O5S2/c1-16-6-11-19-22(13-16)37-25(28-19)17-7-9-18(10-8-17)30-23(31)14-20(26(30)32)29(15-24(34-2)35-3)27(33)21-5-4-12-36-21/h4-13,20,24H,14-15H2,1-3H3. The van der Waals surface area contributed by atoms with Gasteiger partial charge >= 0.3 is 0 Å². The van der Waals surface area contributed by atoms with Crippen LogP contribution in [-0.2, 0) is 19.1 Å². The zero-order valence-corrected chi connectivity index (χ0v) is 22.2. The van der Waals surface area contributed by atoms with Gasteiger partial charge in [-0.3, -0.25) is 14.4 Å². The van der Waals surface area contributed by atoms with E-state index >= 15 is 0 Å². The maximum absolute atomic E-state index is 13.5. The summed E-state index contributed by atoms with van der Waals surface area (Å²) in [5, 5.41) is 2.65. The van der Waals surface area contributed by atoms with Gasteiger partial charge in [0, 0.05) is 19.8 Å². The molecule has 8 nitrogen and oxygen atoms in total. The molecule has 0 spiro atoms. The summed E-state index contributed by atoms with van der Waals surface area (Å²) >= 11 is 2.87. The molecule has 0 saturated carbocycles. The lowest BCUT2D eigenvalue weighted by Crippen LogP contribution is -2.49. The van der Waals surface area contributed by atoms with E-state index < -0.39 is 18.2 Å². The fraction of sp³-hybridized carbons (Fsp3) is 0.259. The molecule has 1 atom stereocenters. The number of aryl methyl sites for hydroxylation is 1. The van der Waals surface area contributed by atoms with E-state index in [0.29, 0.717) is 10.6 Å². The van der Waals surface area contributed by atoms with Crippen molar-refractivity contribution in [2.45, 2.75) is 25.7 Å². The average Bonchev–Trinajstić information content (AvgIpc) is 3.64. The lowest BCUT2D eigenvalue weighted by molar-refractivity contribution is -0.128. The SMILES string of the molecule is COC(CN(C(=O)c1cccs1)C1CC(=O)N(c2ccc(-c3nc4ccc(C)cc4s3)cc2)C1=O)OC. The largest absolute Gasteiger partial charge is 0.354 e. The number of thiophene rings is 1. The van der Waals surface area contributed by atoms with Gasteiger partial charge in [-0.05, 0) is 60.3 Å². The lowest BCUT2D eigenvalue weighted by atomic mass is 10.2. The number of ether oxygens (including phenoxy) is 2. The highest BCUT2D eigenvalue weighted by Crippen LogP contribution is 2.33. The fourth-order valence-corrected chi connectivity index (χ4v) is 6.09. The summed E-state index contributed by atoms with van der Waals surface area (Å²) in [6.45, 7) is 2.06. The normalized spacial score (nSPS) is 15.8. The second-order valence-corrected chi connectivity index (χ2v) is 10.6. The van der Waals surface area contributed by atoms with Crippen LogP contribution in [0.15, 0.2) is 60.0 Å². The van der Waals surface area contributed by atoms with Crippen LogP contribution in [0.3, 0.4) is 0 Å². The second-order valence-electron chi connectivity index (χ2n) is 8.66. The number of imide groups is 1. The van der Waals surface area contributed by atoms with Crippen molar-refractivity contribution in [1.29, 1.82) is 0 Å². The van der Waals surface area contributed by atoms with E-state index in [4.69, 9.17) is 14.5 Å². The minimum Gasteiger partial charge on any atom is -0.354 e. The first-order valence-corrected chi connectivity index (χ1v) is 13.3. The molecule has 1 unspecified atom stereocenters. The summed E-state index contributed by atoms with van der Waals surface area (Å²) in [7, 11) is 2.92.